The van der Waals surface area contributed by atoms with Crippen LogP contribution in [0.3, 0.4) is 0 Å². The standard InChI is InChI=1S/C13H13F3N2O/c14-13(15,16)19-8-7-18-11-4-2-1-3-10(11)17-12(18)9-5-6-9/h1-4,9H,5-8H2. The summed E-state index contributed by atoms with van der Waals surface area (Å²) in [5.41, 5.74) is 1.70. The largest absolute Gasteiger partial charge is 0.522 e. The molecule has 0 saturated heterocycles. The van der Waals surface area contributed by atoms with Crippen LogP contribution in [-0.4, -0.2) is 22.5 Å². The van der Waals surface area contributed by atoms with E-state index in [0.29, 0.717) is 5.92 Å². The number of benzene rings is 1. The highest BCUT2D eigenvalue weighted by atomic mass is 19.4. The molecule has 1 fully saturated rings. The van der Waals surface area contributed by atoms with Gasteiger partial charge in [-0.15, -0.1) is 13.2 Å². The van der Waals surface area contributed by atoms with Crippen molar-refractivity contribution in [2.24, 2.45) is 0 Å². The summed E-state index contributed by atoms with van der Waals surface area (Å²) in [6.07, 6.45) is -2.46. The lowest BCUT2D eigenvalue weighted by Gasteiger charge is -2.10. The fourth-order valence-electron chi connectivity index (χ4n) is 2.23. The summed E-state index contributed by atoms with van der Waals surface area (Å²) in [7, 11) is 0. The molecule has 1 aromatic carbocycles. The molecule has 3 rings (SSSR count). The Kier molecular flexibility index (Phi) is 2.97. The van der Waals surface area contributed by atoms with Gasteiger partial charge in [-0.25, -0.2) is 4.98 Å². The van der Waals surface area contributed by atoms with Gasteiger partial charge in [-0.3, -0.25) is 4.74 Å². The maximum absolute atomic E-state index is 12.0. The SMILES string of the molecule is FC(F)(F)OCCn1c(C2CC2)nc2ccccc21. The number of aromatic nitrogens is 2. The summed E-state index contributed by atoms with van der Waals surface area (Å²) in [5, 5.41) is 0. The van der Waals surface area contributed by atoms with Crippen LogP contribution in [0.15, 0.2) is 24.3 Å². The number of fused-ring (bicyclic) bond motifs is 1. The maximum Gasteiger partial charge on any atom is 0.522 e. The molecular formula is C13H13F3N2O. The number of para-hydroxylation sites is 2. The molecule has 0 aliphatic heterocycles. The lowest BCUT2D eigenvalue weighted by atomic mass is 10.3. The highest BCUT2D eigenvalue weighted by Gasteiger charge is 2.31. The first kappa shape index (κ1) is 12.5. The molecule has 6 heteroatoms. The van der Waals surface area contributed by atoms with Crippen LogP contribution in [0.1, 0.15) is 24.6 Å². The average Bonchev–Trinajstić information content (AvgIpc) is 3.12. The van der Waals surface area contributed by atoms with Crippen LogP contribution in [0.2, 0.25) is 0 Å². The summed E-state index contributed by atoms with van der Waals surface area (Å²) in [5.74, 6) is 1.27. The second-order valence-electron chi connectivity index (χ2n) is 4.68. The molecule has 1 heterocycles. The minimum Gasteiger partial charge on any atom is -0.325 e. The predicted molar refractivity (Wildman–Crippen MR) is 63.7 cm³/mol. The second kappa shape index (κ2) is 4.52. The molecule has 19 heavy (non-hydrogen) atoms. The molecular weight excluding hydrogens is 257 g/mol. The number of imidazole rings is 1. The van der Waals surface area contributed by atoms with Crippen LogP contribution >= 0.6 is 0 Å². The molecule has 0 amide bonds. The molecule has 1 aliphatic carbocycles. The van der Waals surface area contributed by atoms with Gasteiger partial charge < -0.3 is 4.57 Å². The van der Waals surface area contributed by atoms with Crippen molar-refractivity contribution in [3.05, 3.63) is 30.1 Å². The summed E-state index contributed by atoms with van der Waals surface area (Å²) >= 11 is 0. The highest BCUT2D eigenvalue weighted by Crippen LogP contribution is 2.40. The number of hydrogen-bond acceptors (Lipinski definition) is 2. The third-order valence-corrected chi connectivity index (χ3v) is 3.21. The zero-order valence-corrected chi connectivity index (χ0v) is 10.2. The van der Waals surface area contributed by atoms with Crippen LogP contribution in [0, 0.1) is 0 Å². The van der Waals surface area contributed by atoms with E-state index >= 15 is 0 Å². The molecule has 0 atom stereocenters. The molecule has 0 N–H and O–H groups in total. The highest BCUT2D eigenvalue weighted by molar-refractivity contribution is 5.76. The Bertz CT molecular complexity index is 587. The summed E-state index contributed by atoms with van der Waals surface area (Å²) < 4.78 is 41.8. The van der Waals surface area contributed by atoms with Crippen LogP contribution in [-0.2, 0) is 11.3 Å². The second-order valence-corrected chi connectivity index (χ2v) is 4.68. The molecule has 0 spiro atoms. The predicted octanol–water partition coefficient (Wildman–Crippen LogP) is 3.45. The summed E-state index contributed by atoms with van der Waals surface area (Å²) in [6, 6.07) is 7.49. The average molecular weight is 270 g/mol. The van der Waals surface area contributed by atoms with Crippen LogP contribution in [0.4, 0.5) is 13.2 Å². The Labute approximate surface area is 108 Å². The van der Waals surface area contributed by atoms with Crippen molar-refractivity contribution in [1.29, 1.82) is 0 Å². The van der Waals surface area contributed by atoms with E-state index in [1.54, 1.807) is 0 Å². The normalized spacial score (nSPS) is 16.2. The molecule has 1 saturated carbocycles. The Morgan fingerprint density at radius 1 is 1.26 bits per heavy atom. The number of hydrogen-bond donors (Lipinski definition) is 0. The van der Waals surface area contributed by atoms with Gasteiger partial charge in [0.25, 0.3) is 0 Å². The molecule has 1 aromatic heterocycles. The fourth-order valence-corrected chi connectivity index (χ4v) is 2.23. The Hall–Kier alpha value is -1.56. The monoisotopic (exact) mass is 270 g/mol. The molecule has 0 radical (unpaired) electrons. The third-order valence-electron chi connectivity index (χ3n) is 3.21. The third kappa shape index (κ3) is 2.73. The van der Waals surface area contributed by atoms with Gasteiger partial charge >= 0.3 is 6.36 Å². The van der Waals surface area contributed by atoms with Gasteiger partial charge in [-0.2, -0.15) is 0 Å². The van der Waals surface area contributed by atoms with Crippen molar-refractivity contribution in [2.75, 3.05) is 6.61 Å². The number of rotatable bonds is 4. The minimum absolute atomic E-state index is 0.172. The van der Waals surface area contributed by atoms with Gasteiger partial charge in [-0.1, -0.05) is 12.1 Å². The number of ether oxygens (including phenoxy) is 1. The van der Waals surface area contributed by atoms with Crippen LogP contribution in [0.5, 0.6) is 0 Å². The van der Waals surface area contributed by atoms with Crippen LogP contribution < -0.4 is 0 Å². The van der Waals surface area contributed by atoms with E-state index in [4.69, 9.17) is 0 Å². The molecule has 3 nitrogen and oxygen atoms in total. The number of alkyl halides is 3. The van der Waals surface area contributed by atoms with Gasteiger partial charge in [0.15, 0.2) is 0 Å². The number of nitrogens with zero attached hydrogens (tertiary/aromatic N) is 2. The molecule has 102 valence electrons. The number of halogens is 3. The van der Waals surface area contributed by atoms with Gasteiger partial charge in [-0.05, 0) is 25.0 Å². The van der Waals surface area contributed by atoms with Crippen molar-refractivity contribution >= 4 is 11.0 Å². The summed E-state index contributed by atoms with van der Waals surface area (Å²) in [6.45, 7) is -0.213. The van der Waals surface area contributed by atoms with Crippen molar-refractivity contribution in [1.82, 2.24) is 9.55 Å². The minimum atomic E-state index is -4.57. The zero-order valence-electron chi connectivity index (χ0n) is 10.2. The van der Waals surface area contributed by atoms with Crippen molar-refractivity contribution in [2.45, 2.75) is 31.7 Å². The lowest BCUT2D eigenvalue weighted by molar-refractivity contribution is -0.325. The first-order valence-corrected chi connectivity index (χ1v) is 6.20. The van der Waals surface area contributed by atoms with Crippen molar-refractivity contribution in [3.63, 3.8) is 0 Å². The van der Waals surface area contributed by atoms with Crippen LogP contribution in [0.25, 0.3) is 11.0 Å². The van der Waals surface area contributed by atoms with E-state index in [-0.39, 0.29) is 13.2 Å². The Balaban J connectivity index is 1.85. The summed E-state index contributed by atoms with van der Waals surface area (Å²) in [4.78, 5) is 4.52. The van der Waals surface area contributed by atoms with E-state index < -0.39 is 6.36 Å². The van der Waals surface area contributed by atoms with E-state index in [2.05, 4.69) is 9.72 Å². The van der Waals surface area contributed by atoms with Gasteiger partial charge in [0.2, 0.25) is 0 Å². The van der Waals surface area contributed by atoms with E-state index in [0.717, 1.165) is 29.7 Å². The van der Waals surface area contributed by atoms with E-state index in [1.807, 2.05) is 28.8 Å². The Morgan fingerprint density at radius 2 is 2.00 bits per heavy atom. The van der Waals surface area contributed by atoms with Gasteiger partial charge in [0.05, 0.1) is 17.6 Å². The van der Waals surface area contributed by atoms with Crippen molar-refractivity contribution in [3.8, 4) is 0 Å². The first-order valence-electron chi connectivity index (χ1n) is 6.20. The quantitative estimate of drug-likeness (QED) is 0.850. The van der Waals surface area contributed by atoms with Gasteiger partial charge in [0.1, 0.15) is 5.82 Å². The molecule has 2 aromatic rings. The van der Waals surface area contributed by atoms with E-state index in [9.17, 15) is 13.2 Å². The van der Waals surface area contributed by atoms with Crippen molar-refractivity contribution < 1.29 is 17.9 Å². The Morgan fingerprint density at radius 3 is 2.68 bits per heavy atom. The fraction of sp³-hybridized carbons (Fsp3) is 0.462. The lowest BCUT2D eigenvalue weighted by Crippen LogP contribution is -2.18. The maximum atomic E-state index is 12.0. The first-order chi connectivity index (χ1) is 9.04. The van der Waals surface area contributed by atoms with E-state index in [1.165, 1.54) is 0 Å². The zero-order chi connectivity index (χ0) is 13.5. The smallest absolute Gasteiger partial charge is 0.325 e. The molecule has 0 bridgehead atoms. The molecule has 1 aliphatic rings. The van der Waals surface area contributed by atoms with Gasteiger partial charge in [0, 0.05) is 12.5 Å². The molecule has 0 unspecified atom stereocenters. The topological polar surface area (TPSA) is 27.1 Å².